The lowest BCUT2D eigenvalue weighted by Gasteiger charge is -2.32. The van der Waals surface area contributed by atoms with Crippen molar-refractivity contribution >= 4 is 23.1 Å². The van der Waals surface area contributed by atoms with E-state index in [4.69, 9.17) is 0 Å². The summed E-state index contributed by atoms with van der Waals surface area (Å²) in [7, 11) is 0. The van der Waals surface area contributed by atoms with Gasteiger partial charge in [0.15, 0.2) is 0 Å². The van der Waals surface area contributed by atoms with Gasteiger partial charge in [0, 0.05) is 36.6 Å². The zero-order valence-corrected chi connectivity index (χ0v) is 13.6. The number of anilines is 1. The maximum Gasteiger partial charge on any atom is 0.273 e. The van der Waals surface area contributed by atoms with Crippen molar-refractivity contribution in [1.82, 2.24) is 20.1 Å². The van der Waals surface area contributed by atoms with Gasteiger partial charge >= 0.3 is 0 Å². The molecule has 1 saturated heterocycles. The number of thiazole rings is 1. The average molecular weight is 329 g/mol. The Bertz CT molecular complexity index is 677. The van der Waals surface area contributed by atoms with Crippen LogP contribution >= 0.6 is 11.3 Å². The van der Waals surface area contributed by atoms with Crippen molar-refractivity contribution < 1.29 is 4.79 Å². The molecule has 2 aromatic heterocycles. The van der Waals surface area contributed by atoms with Gasteiger partial charge in [0.25, 0.3) is 5.91 Å². The molecule has 1 N–H and O–H groups in total. The Morgan fingerprint density at radius 3 is 2.78 bits per heavy atom. The van der Waals surface area contributed by atoms with Gasteiger partial charge in [-0.3, -0.25) is 4.79 Å². The summed E-state index contributed by atoms with van der Waals surface area (Å²) in [6.45, 7) is 1.51. The summed E-state index contributed by atoms with van der Waals surface area (Å²) < 4.78 is 0. The van der Waals surface area contributed by atoms with Gasteiger partial charge in [-0.25, -0.2) is 4.98 Å². The standard InChI is InChI=1S/C16H19N5OS/c22-16(13-10-23-15(19-13)11-3-4-11)21-8-5-12(6-9-21)18-14-2-1-7-17-20-14/h1-2,7,10-12H,3-6,8-9H2,(H,18,20). The Kier molecular flexibility index (Phi) is 3.95. The van der Waals surface area contributed by atoms with E-state index in [1.54, 1.807) is 17.5 Å². The van der Waals surface area contributed by atoms with E-state index in [0.29, 0.717) is 17.7 Å². The van der Waals surface area contributed by atoms with Crippen LogP contribution in [0.2, 0.25) is 0 Å². The van der Waals surface area contributed by atoms with Gasteiger partial charge in [-0.2, -0.15) is 5.10 Å². The van der Waals surface area contributed by atoms with Gasteiger partial charge in [0.1, 0.15) is 11.5 Å². The second-order valence-corrected chi connectivity index (χ2v) is 7.05. The molecule has 23 heavy (non-hydrogen) atoms. The molecule has 2 aliphatic rings. The lowest BCUT2D eigenvalue weighted by molar-refractivity contribution is 0.0713. The zero-order valence-electron chi connectivity index (χ0n) is 12.8. The fourth-order valence-corrected chi connectivity index (χ4v) is 3.85. The van der Waals surface area contributed by atoms with Crippen LogP contribution in [-0.4, -0.2) is 45.1 Å². The monoisotopic (exact) mass is 329 g/mol. The highest BCUT2D eigenvalue weighted by atomic mass is 32.1. The fourth-order valence-electron chi connectivity index (χ4n) is 2.88. The normalized spacial score (nSPS) is 18.9. The van der Waals surface area contributed by atoms with Crippen LogP contribution in [0.1, 0.15) is 47.1 Å². The van der Waals surface area contributed by atoms with Crippen LogP contribution in [0.15, 0.2) is 23.7 Å². The summed E-state index contributed by atoms with van der Waals surface area (Å²) in [6.07, 6.45) is 5.95. The summed E-state index contributed by atoms with van der Waals surface area (Å²) in [6, 6.07) is 4.13. The number of amides is 1. The molecule has 0 bridgehead atoms. The molecule has 3 heterocycles. The molecule has 0 radical (unpaired) electrons. The molecule has 2 fully saturated rings. The van der Waals surface area contributed by atoms with Gasteiger partial charge < -0.3 is 10.2 Å². The van der Waals surface area contributed by atoms with Gasteiger partial charge in [0.2, 0.25) is 0 Å². The molecule has 0 atom stereocenters. The molecule has 0 spiro atoms. The number of rotatable bonds is 4. The van der Waals surface area contributed by atoms with Gasteiger partial charge in [-0.15, -0.1) is 16.4 Å². The predicted molar refractivity (Wildman–Crippen MR) is 88.7 cm³/mol. The molecule has 1 saturated carbocycles. The maximum absolute atomic E-state index is 12.5. The third-order valence-corrected chi connectivity index (χ3v) is 5.38. The molecule has 0 aromatic carbocycles. The van der Waals surface area contributed by atoms with Crippen LogP contribution in [0.5, 0.6) is 0 Å². The average Bonchev–Trinajstić information content (AvgIpc) is 3.33. The lowest BCUT2D eigenvalue weighted by atomic mass is 10.0. The molecule has 1 aliphatic heterocycles. The summed E-state index contributed by atoms with van der Waals surface area (Å²) in [4.78, 5) is 19.0. The van der Waals surface area contributed by atoms with E-state index in [2.05, 4.69) is 20.5 Å². The third kappa shape index (κ3) is 3.34. The largest absolute Gasteiger partial charge is 0.366 e. The first-order valence-corrected chi connectivity index (χ1v) is 8.96. The minimum atomic E-state index is 0.0751. The summed E-state index contributed by atoms with van der Waals surface area (Å²) in [5.41, 5.74) is 0.622. The molecule has 0 unspecified atom stereocenters. The van der Waals surface area contributed by atoms with Crippen molar-refractivity contribution in [1.29, 1.82) is 0 Å². The molecule has 7 heteroatoms. The molecule has 2 aromatic rings. The van der Waals surface area contributed by atoms with E-state index in [9.17, 15) is 4.79 Å². The number of carbonyl (C=O) groups excluding carboxylic acids is 1. The van der Waals surface area contributed by atoms with Gasteiger partial charge in [0.05, 0.1) is 5.01 Å². The predicted octanol–water partition coefficient (Wildman–Crippen LogP) is 2.53. The highest BCUT2D eigenvalue weighted by molar-refractivity contribution is 7.10. The molecule has 4 rings (SSSR count). The number of hydrogen-bond acceptors (Lipinski definition) is 6. The van der Waals surface area contributed by atoms with E-state index >= 15 is 0 Å². The highest BCUT2D eigenvalue weighted by Crippen LogP contribution is 2.41. The summed E-state index contributed by atoms with van der Waals surface area (Å²) in [5.74, 6) is 1.49. The summed E-state index contributed by atoms with van der Waals surface area (Å²) >= 11 is 1.63. The van der Waals surface area contributed by atoms with Crippen LogP contribution in [0.25, 0.3) is 0 Å². The second kappa shape index (κ2) is 6.23. The smallest absolute Gasteiger partial charge is 0.273 e. The van der Waals surface area contributed by atoms with Crippen molar-refractivity contribution in [2.24, 2.45) is 0 Å². The van der Waals surface area contributed by atoms with Crippen molar-refractivity contribution in [3.05, 3.63) is 34.4 Å². The van der Waals surface area contributed by atoms with Crippen molar-refractivity contribution in [3.63, 3.8) is 0 Å². The molecule has 6 nitrogen and oxygen atoms in total. The number of likely N-dealkylation sites (tertiary alicyclic amines) is 1. The minimum Gasteiger partial charge on any atom is -0.366 e. The van der Waals surface area contributed by atoms with Crippen LogP contribution in [0, 0.1) is 0 Å². The topological polar surface area (TPSA) is 71.0 Å². The van der Waals surface area contributed by atoms with Crippen LogP contribution in [-0.2, 0) is 0 Å². The number of nitrogens with zero attached hydrogens (tertiary/aromatic N) is 4. The Morgan fingerprint density at radius 2 is 2.09 bits per heavy atom. The van der Waals surface area contributed by atoms with Crippen molar-refractivity contribution in [2.75, 3.05) is 18.4 Å². The lowest BCUT2D eigenvalue weighted by Crippen LogP contribution is -2.42. The molecule has 120 valence electrons. The first-order chi connectivity index (χ1) is 11.3. The van der Waals surface area contributed by atoms with Crippen LogP contribution in [0.4, 0.5) is 5.82 Å². The zero-order chi connectivity index (χ0) is 15.6. The van der Waals surface area contributed by atoms with E-state index in [-0.39, 0.29) is 5.91 Å². The first-order valence-electron chi connectivity index (χ1n) is 8.08. The Morgan fingerprint density at radius 1 is 1.26 bits per heavy atom. The molecular weight excluding hydrogens is 310 g/mol. The van der Waals surface area contributed by atoms with E-state index in [0.717, 1.165) is 36.8 Å². The van der Waals surface area contributed by atoms with Crippen LogP contribution in [0.3, 0.4) is 0 Å². The Hall–Kier alpha value is -2.02. The number of piperidine rings is 1. The maximum atomic E-state index is 12.5. The van der Waals surface area contributed by atoms with Gasteiger partial charge in [-0.1, -0.05) is 0 Å². The third-order valence-electron chi connectivity index (χ3n) is 4.37. The quantitative estimate of drug-likeness (QED) is 0.933. The van der Waals surface area contributed by atoms with Crippen molar-refractivity contribution in [2.45, 2.75) is 37.6 Å². The van der Waals surface area contributed by atoms with E-state index < -0.39 is 0 Å². The Balaban J connectivity index is 1.32. The number of carbonyl (C=O) groups is 1. The first kappa shape index (κ1) is 14.6. The molecule has 1 amide bonds. The number of aromatic nitrogens is 3. The molecular formula is C16H19N5OS. The second-order valence-electron chi connectivity index (χ2n) is 6.16. The Labute approximate surface area is 139 Å². The SMILES string of the molecule is O=C(c1csc(C2CC2)n1)N1CCC(Nc2cccnn2)CC1. The van der Waals surface area contributed by atoms with Gasteiger partial charge in [-0.05, 0) is 37.8 Å². The summed E-state index contributed by atoms with van der Waals surface area (Å²) in [5, 5.41) is 14.4. The number of hydrogen-bond donors (Lipinski definition) is 1. The van der Waals surface area contributed by atoms with Crippen LogP contribution < -0.4 is 5.32 Å². The van der Waals surface area contributed by atoms with Crippen molar-refractivity contribution in [3.8, 4) is 0 Å². The highest BCUT2D eigenvalue weighted by Gasteiger charge is 2.29. The molecule has 1 aliphatic carbocycles. The minimum absolute atomic E-state index is 0.0751. The number of nitrogens with one attached hydrogen (secondary N) is 1. The fraction of sp³-hybridized carbons (Fsp3) is 0.500. The van der Waals surface area contributed by atoms with E-state index in [1.807, 2.05) is 22.4 Å². The van der Waals surface area contributed by atoms with E-state index in [1.165, 1.54) is 12.8 Å².